The average molecular weight is 387 g/mol. The van der Waals surface area contributed by atoms with Gasteiger partial charge < -0.3 is 20.4 Å². The number of hydrogen-bond donors (Lipinski definition) is 4. The number of phenols is 4. The van der Waals surface area contributed by atoms with Crippen LogP contribution in [0, 0.1) is 0 Å². The van der Waals surface area contributed by atoms with E-state index in [2.05, 4.69) is 0 Å². The molecular weight excluding hydrogens is 352 g/mol. The van der Waals surface area contributed by atoms with Gasteiger partial charge in [-0.2, -0.15) is 0 Å². The Balaban J connectivity index is 1.40. The molecule has 0 aliphatic carbocycles. The fraction of sp³-hybridized carbons (Fsp3) is 0.500. The molecule has 0 heterocycles. The summed E-state index contributed by atoms with van der Waals surface area (Å²) >= 11 is 0. The maximum absolute atomic E-state index is 9.47. The molecule has 0 aliphatic heterocycles. The number of aryl methyl sites for hydroxylation is 2. The smallest absolute Gasteiger partial charge is 0.119 e. The molecule has 28 heavy (non-hydrogen) atoms. The second-order valence-electron chi connectivity index (χ2n) is 7.75. The lowest BCUT2D eigenvalue weighted by atomic mass is 10.0. The van der Waals surface area contributed by atoms with Crippen molar-refractivity contribution in [1.29, 1.82) is 0 Å². The van der Waals surface area contributed by atoms with Crippen LogP contribution in [-0.2, 0) is 12.8 Å². The van der Waals surface area contributed by atoms with Crippen molar-refractivity contribution in [3.8, 4) is 23.0 Å². The summed E-state index contributed by atoms with van der Waals surface area (Å²) in [5.74, 6) is 0.537. The first-order valence-electron chi connectivity index (χ1n) is 10.6. The second-order valence-corrected chi connectivity index (χ2v) is 7.75. The molecule has 0 fully saturated rings. The lowest BCUT2D eigenvalue weighted by molar-refractivity contribution is 0.447. The quantitative estimate of drug-likeness (QED) is 0.309. The Morgan fingerprint density at radius 2 is 0.607 bits per heavy atom. The molecule has 0 saturated carbocycles. The SMILES string of the molecule is Oc1cc(O)cc(CCCCCCCCCCCCc2cc(O)cc(O)c2)c1. The van der Waals surface area contributed by atoms with Gasteiger partial charge in [0.15, 0.2) is 0 Å². The van der Waals surface area contributed by atoms with E-state index in [1.165, 1.54) is 63.5 Å². The number of hydrogen-bond acceptors (Lipinski definition) is 4. The Bertz CT molecular complexity index is 610. The molecule has 0 radical (unpaired) electrons. The fourth-order valence-electron chi connectivity index (χ4n) is 3.67. The first-order valence-corrected chi connectivity index (χ1v) is 10.6. The largest absolute Gasteiger partial charge is 0.508 e. The van der Waals surface area contributed by atoms with E-state index in [-0.39, 0.29) is 23.0 Å². The molecule has 2 aromatic rings. The van der Waals surface area contributed by atoms with Crippen LogP contribution in [0.2, 0.25) is 0 Å². The lowest BCUT2D eigenvalue weighted by Crippen LogP contribution is -1.88. The van der Waals surface area contributed by atoms with Crippen molar-refractivity contribution in [2.75, 3.05) is 0 Å². The van der Waals surface area contributed by atoms with Crippen LogP contribution >= 0.6 is 0 Å². The minimum absolute atomic E-state index is 0.134. The van der Waals surface area contributed by atoms with E-state index in [1.54, 1.807) is 24.3 Å². The molecule has 0 aliphatic rings. The van der Waals surface area contributed by atoms with Crippen molar-refractivity contribution in [3.05, 3.63) is 47.5 Å². The summed E-state index contributed by atoms with van der Waals surface area (Å²) in [6.07, 6.45) is 14.0. The monoisotopic (exact) mass is 386 g/mol. The van der Waals surface area contributed by atoms with Gasteiger partial charge in [-0.25, -0.2) is 0 Å². The third-order valence-electron chi connectivity index (χ3n) is 5.11. The van der Waals surface area contributed by atoms with Gasteiger partial charge in [-0.05, 0) is 61.1 Å². The third-order valence-corrected chi connectivity index (χ3v) is 5.11. The van der Waals surface area contributed by atoms with Crippen molar-refractivity contribution in [1.82, 2.24) is 0 Å². The van der Waals surface area contributed by atoms with E-state index in [0.717, 1.165) is 36.8 Å². The fourth-order valence-corrected chi connectivity index (χ4v) is 3.67. The molecule has 4 N–H and O–H groups in total. The Hall–Kier alpha value is -2.36. The van der Waals surface area contributed by atoms with Crippen molar-refractivity contribution < 1.29 is 20.4 Å². The minimum atomic E-state index is 0.134. The van der Waals surface area contributed by atoms with E-state index in [9.17, 15) is 20.4 Å². The summed E-state index contributed by atoms with van der Waals surface area (Å²) in [5.41, 5.74) is 2.00. The molecule has 0 amide bonds. The summed E-state index contributed by atoms with van der Waals surface area (Å²) in [7, 11) is 0. The molecule has 0 spiro atoms. The molecule has 4 heteroatoms. The lowest BCUT2D eigenvalue weighted by Gasteiger charge is -2.05. The zero-order valence-electron chi connectivity index (χ0n) is 16.7. The molecule has 0 saturated heterocycles. The number of aromatic hydroxyl groups is 4. The second kappa shape index (κ2) is 12.2. The summed E-state index contributed by atoms with van der Waals surface area (Å²) in [6, 6.07) is 9.62. The highest BCUT2D eigenvalue weighted by Crippen LogP contribution is 2.23. The van der Waals surface area contributed by atoms with Crippen molar-refractivity contribution in [2.24, 2.45) is 0 Å². The highest BCUT2D eigenvalue weighted by Gasteiger charge is 2.01. The molecular formula is C24H34O4. The number of benzene rings is 2. The van der Waals surface area contributed by atoms with Gasteiger partial charge in [-0.3, -0.25) is 0 Å². The first kappa shape index (κ1) is 21.9. The van der Waals surface area contributed by atoms with Gasteiger partial charge in [-0.15, -0.1) is 0 Å². The standard InChI is InChI=1S/C24H34O4/c25-21-13-19(14-22(26)17-21)11-9-7-5-3-1-2-4-6-8-10-12-20-15-23(27)18-24(28)16-20/h13-18,25-28H,1-12H2. The van der Waals surface area contributed by atoms with Gasteiger partial charge in [-0.1, -0.05) is 51.4 Å². The van der Waals surface area contributed by atoms with Crippen LogP contribution in [0.3, 0.4) is 0 Å². The number of phenolic OH excluding ortho intramolecular Hbond substituents is 4. The molecule has 0 unspecified atom stereocenters. The van der Waals surface area contributed by atoms with Gasteiger partial charge in [0.1, 0.15) is 23.0 Å². The van der Waals surface area contributed by atoms with Crippen LogP contribution < -0.4 is 0 Å². The van der Waals surface area contributed by atoms with E-state index < -0.39 is 0 Å². The van der Waals surface area contributed by atoms with Crippen LogP contribution in [0.4, 0.5) is 0 Å². The average Bonchev–Trinajstić information content (AvgIpc) is 2.61. The highest BCUT2D eigenvalue weighted by atomic mass is 16.3. The maximum atomic E-state index is 9.47. The maximum Gasteiger partial charge on any atom is 0.119 e. The Kier molecular flexibility index (Phi) is 9.53. The van der Waals surface area contributed by atoms with Gasteiger partial charge in [0.2, 0.25) is 0 Å². The highest BCUT2D eigenvalue weighted by molar-refractivity contribution is 5.37. The molecule has 0 aromatic heterocycles. The molecule has 0 bridgehead atoms. The van der Waals surface area contributed by atoms with Crippen LogP contribution in [0.25, 0.3) is 0 Å². The Morgan fingerprint density at radius 1 is 0.357 bits per heavy atom. The predicted octanol–water partition coefficient (Wildman–Crippen LogP) is 6.20. The first-order chi connectivity index (χ1) is 13.5. The summed E-state index contributed by atoms with van der Waals surface area (Å²) in [4.78, 5) is 0. The Labute approximate surface area is 168 Å². The van der Waals surface area contributed by atoms with E-state index in [0.29, 0.717) is 0 Å². The summed E-state index contributed by atoms with van der Waals surface area (Å²) in [6.45, 7) is 0. The molecule has 154 valence electrons. The zero-order valence-corrected chi connectivity index (χ0v) is 16.7. The summed E-state index contributed by atoms with van der Waals surface area (Å²) < 4.78 is 0. The van der Waals surface area contributed by atoms with E-state index in [4.69, 9.17) is 0 Å². The van der Waals surface area contributed by atoms with E-state index >= 15 is 0 Å². The van der Waals surface area contributed by atoms with Crippen LogP contribution in [0.15, 0.2) is 36.4 Å². The minimum Gasteiger partial charge on any atom is -0.508 e. The van der Waals surface area contributed by atoms with Gasteiger partial charge in [0.05, 0.1) is 0 Å². The molecule has 0 atom stereocenters. The topological polar surface area (TPSA) is 80.9 Å². The van der Waals surface area contributed by atoms with Crippen LogP contribution in [-0.4, -0.2) is 20.4 Å². The summed E-state index contributed by atoms with van der Waals surface area (Å²) in [5, 5.41) is 37.9. The third kappa shape index (κ3) is 9.03. The Morgan fingerprint density at radius 3 is 0.893 bits per heavy atom. The van der Waals surface area contributed by atoms with Gasteiger partial charge in [0.25, 0.3) is 0 Å². The van der Waals surface area contributed by atoms with Gasteiger partial charge in [0, 0.05) is 12.1 Å². The molecule has 4 nitrogen and oxygen atoms in total. The number of rotatable bonds is 13. The van der Waals surface area contributed by atoms with E-state index in [1.807, 2.05) is 0 Å². The number of unbranched alkanes of at least 4 members (excludes halogenated alkanes) is 9. The molecule has 2 aromatic carbocycles. The van der Waals surface area contributed by atoms with Crippen molar-refractivity contribution in [2.45, 2.75) is 77.0 Å². The normalized spacial score (nSPS) is 11.0. The zero-order chi connectivity index (χ0) is 20.2. The van der Waals surface area contributed by atoms with Gasteiger partial charge >= 0.3 is 0 Å². The predicted molar refractivity (Wildman–Crippen MR) is 113 cm³/mol. The van der Waals surface area contributed by atoms with Crippen molar-refractivity contribution >= 4 is 0 Å². The van der Waals surface area contributed by atoms with Crippen molar-refractivity contribution in [3.63, 3.8) is 0 Å². The van der Waals surface area contributed by atoms with Crippen LogP contribution in [0.1, 0.15) is 75.3 Å². The molecule has 2 rings (SSSR count). The van der Waals surface area contributed by atoms with Crippen LogP contribution in [0.5, 0.6) is 23.0 Å².